The van der Waals surface area contributed by atoms with Crippen molar-refractivity contribution in [1.82, 2.24) is 9.88 Å². The van der Waals surface area contributed by atoms with Crippen LogP contribution in [-0.4, -0.2) is 34.7 Å². The van der Waals surface area contributed by atoms with E-state index in [-0.39, 0.29) is 5.91 Å². The van der Waals surface area contributed by atoms with Crippen LogP contribution >= 0.6 is 15.9 Å². The zero-order valence-corrected chi connectivity index (χ0v) is 9.91. The average Bonchev–Trinajstić information content (AvgIpc) is 2.17. The Balaban J connectivity index is 2.78. The minimum atomic E-state index is 0.0145. The largest absolute Gasteiger partial charge is 0.341 e. The monoisotopic (exact) mass is 256 g/mol. The number of carbonyl (C=O) groups excluding carboxylic acids is 1. The summed E-state index contributed by atoms with van der Waals surface area (Å²) in [4.78, 5) is 17.4. The summed E-state index contributed by atoms with van der Waals surface area (Å²) in [7, 11) is 1.78. The van der Waals surface area contributed by atoms with Crippen LogP contribution in [0.25, 0.3) is 0 Å². The van der Waals surface area contributed by atoms with Gasteiger partial charge in [0, 0.05) is 31.3 Å². The SMILES string of the molecule is Cc1cncc(C(=O)N(C)CCBr)c1. The fraction of sp³-hybridized carbons (Fsp3) is 0.400. The van der Waals surface area contributed by atoms with Gasteiger partial charge in [-0.15, -0.1) is 0 Å². The first-order valence-corrected chi connectivity index (χ1v) is 5.50. The van der Waals surface area contributed by atoms with E-state index in [1.807, 2.05) is 13.0 Å². The van der Waals surface area contributed by atoms with Crippen LogP contribution in [0.3, 0.4) is 0 Å². The molecule has 1 heterocycles. The molecule has 0 radical (unpaired) electrons. The first kappa shape index (κ1) is 11.2. The molecule has 1 aromatic heterocycles. The molecule has 4 heteroatoms. The lowest BCUT2D eigenvalue weighted by molar-refractivity contribution is 0.0803. The van der Waals surface area contributed by atoms with E-state index in [1.54, 1.807) is 24.3 Å². The molecule has 0 N–H and O–H groups in total. The van der Waals surface area contributed by atoms with Gasteiger partial charge in [0.1, 0.15) is 0 Å². The number of aromatic nitrogens is 1. The van der Waals surface area contributed by atoms with Gasteiger partial charge < -0.3 is 4.90 Å². The predicted octanol–water partition coefficient (Wildman–Crippen LogP) is 1.86. The molecule has 1 aromatic rings. The zero-order chi connectivity index (χ0) is 10.6. The van der Waals surface area contributed by atoms with Gasteiger partial charge in [-0.3, -0.25) is 9.78 Å². The second-order valence-corrected chi connectivity index (χ2v) is 3.96. The Kier molecular flexibility index (Phi) is 4.07. The van der Waals surface area contributed by atoms with E-state index in [2.05, 4.69) is 20.9 Å². The van der Waals surface area contributed by atoms with Gasteiger partial charge in [-0.2, -0.15) is 0 Å². The molecule has 0 spiro atoms. The van der Waals surface area contributed by atoms with Gasteiger partial charge in [0.15, 0.2) is 0 Å². The number of nitrogens with zero attached hydrogens (tertiary/aromatic N) is 2. The second kappa shape index (κ2) is 5.10. The maximum atomic E-state index is 11.8. The van der Waals surface area contributed by atoms with Crippen molar-refractivity contribution in [2.24, 2.45) is 0 Å². The number of hydrogen-bond acceptors (Lipinski definition) is 2. The lowest BCUT2D eigenvalue weighted by Gasteiger charge is -2.15. The topological polar surface area (TPSA) is 33.2 Å². The minimum absolute atomic E-state index is 0.0145. The maximum absolute atomic E-state index is 11.8. The Hall–Kier alpha value is -0.900. The van der Waals surface area contributed by atoms with Crippen LogP contribution in [0.15, 0.2) is 18.5 Å². The fourth-order valence-corrected chi connectivity index (χ4v) is 1.65. The van der Waals surface area contributed by atoms with Crippen molar-refractivity contribution in [3.05, 3.63) is 29.6 Å². The summed E-state index contributed by atoms with van der Waals surface area (Å²) in [6.07, 6.45) is 3.33. The average molecular weight is 257 g/mol. The van der Waals surface area contributed by atoms with Crippen LogP contribution in [0.5, 0.6) is 0 Å². The molecule has 0 unspecified atom stereocenters. The molecular formula is C10H13BrN2O. The third kappa shape index (κ3) is 2.80. The molecule has 0 bridgehead atoms. The molecular weight excluding hydrogens is 244 g/mol. The highest BCUT2D eigenvalue weighted by Crippen LogP contribution is 2.04. The lowest BCUT2D eigenvalue weighted by Crippen LogP contribution is -2.28. The number of rotatable bonds is 3. The van der Waals surface area contributed by atoms with Crippen LogP contribution in [0.1, 0.15) is 15.9 Å². The molecule has 0 saturated carbocycles. The summed E-state index contributed by atoms with van der Waals surface area (Å²) < 4.78 is 0. The summed E-state index contributed by atoms with van der Waals surface area (Å²) in [5.74, 6) is 0.0145. The van der Waals surface area contributed by atoms with Gasteiger partial charge in [0.05, 0.1) is 5.56 Å². The summed E-state index contributed by atoms with van der Waals surface area (Å²) in [6, 6.07) is 1.85. The van der Waals surface area contributed by atoms with Gasteiger partial charge in [0.25, 0.3) is 5.91 Å². The fourth-order valence-electron chi connectivity index (χ4n) is 1.12. The molecule has 76 valence electrons. The Morgan fingerprint density at radius 1 is 1.57 bits per heavy atom. The van der Waals surface area contributed by atoms with E-state index in [9.17, 15) is 4.79 Å². The van der Waals surface area contributed by atoms with E-state index < -0.39 is 0 Å². The number of amides is 1. The van der Waals surface area contributed by atoms with Crippen LogP contribution < -0.4 is 0 Å². The van der Waals surface area contributed by atoms with E-state index in [0.717, 1.165) is 10.9 Å². The van der Waals surface area contributed by atoms with E-state index in [1.165, 1.54) is 0 Å². The van der Waals surface area contributed by atoms with Crippen LogP contribution in [-0.2, 0) is 0 Å². The normalized spacial score (nSPS) is 9.93. The number of carbonyl (C=O) groups is 1. The minimum Gasteiger partial charge on any atom is -0.341 e. The van der Waals surface area contributed by atoms with Crippen molar-refractivity contribution in [2.45, 2.75) is 6.92 Å². The Morgan fingerprint density at radius 2 is 2.29 bits per heavy atom. The number of pyridine rings is 1. The summed E-state index contributed by atoms with van der Waals surface area (Å²) in [6.45, 7) is 2.63. The third-order valence-corrected chi connectivity index (χ3v) is 2.24. The van der Waals surface area contributed by atoms with Crippen molar-refractivity contribution in [1.29, 1.82) is 0 Å². The predicted molar refractivity (Wildman–Crippen MR) is 59.7 cm³/mol. The van der Waals surface area contributed by atoms with Gasteiger partial charge in [-0.1, -0.05) is 15.9 Å². The molecule has 14 heavy (non-hydrogen) atoms. The number of hydrogen-bond donors (Lipinski definition) is 0. The maximum Gasteiger partial charge on any atom is 0.255 e. The highest BCUT2D eigenvalue weighted by atomic mass is 79.9. The highest BCUT2D eigenvalue weighted by Gasteiger charge is 2.10. The zero-order valence-electron chi connectivity index (χ0n) is 8.33. The smallest absolute Gasteiger partial charge is 0.255 e. The first-order chi connectivity index (χ1) is 6.65. The molecule has 1 amide bonds. The van der Waals surface area contributed by atoms with Gasteiger partial charge in [0.2, 0.25) is 0 Å². The Morgan fingerprint density at radius 3 is 2.86 bits per heavy atom. The number of alkyl halides is 1. The number of aryl methyl sites for hydroxylation is 1. The van der Waals surface area contributed by atoms with Gasteiger partial charge in [-0.05, 0) is 18.6 Å². The van der Waals surface area contributed by atoms with Crippen molar-refractivity contribution in [3.63, 3.8) is 0 Å². The van der Waals surface area contributed by atoms with Gasteiger partial charge in [-0.25, -0.2) is 0 Å². The molecule has 0 aromatic carbocycles. The second-order valence-electron chi connectivity index (χ2n) is 3.17. The van der Waals surface area contributed by atoms with Crippen LogP contribution in [0.4, 0.5) is 0 Å². The van der Waals surface area contributed by atoms with Crippen LogP contribution in [0, 0.1) is 6.92 Å². The van der Waals surface area contributed by atoms with E-state index in [0.29, 0.717) is 12.1 Å². The highest BCUT2D eigenvalue weighted by molar-refractivity contribution is 9.09. The number of halogens is 1. The molecule has 1 rings (SSSR count). The summed E-state index contributed by atoms with van der Waals surface area (Å²) in [5, 5.41) is 0.786. The van der Waals surface area contributed by atoms with Crippen molar-refractivity contribution in [3.8, 4) is 0 Å². The molecule has 0 aliphatic carbocycles. The third-order valence-electron chi connectivity index (χ3n) is 1.89. The molecule has 0 aliphatic heterocycles. The van der Waals surface area contributed by atoms with Crippen LogP contribution in [0.2, 0.25) is 0 Å². The van der Waals surface area contributed by atoms with Crippen molar-refractivity contribution >= 4 is 21.8 Å². The Labute approximate surface area is 92.3 Å². The van der Waals surface area contributed by atoms with Crippen molar-refractivity contribution < 1.29 is 4.79 Å². The standard InChI is InChI=1S/C10H13BrN2O/c1-8-5-9(7-12-6-8)10(14)13(2)4-3-11/h5-7H,3-4H2,1-2H3. The lowest BCUT2D eigenvalue weighted by atomic mass is 10.2. The molecule has 0 saturated heterocycles. The summed E-state index contributed by atoms with van der Waals surface area (Å²) in [5.41, 5.74) is 1.65. The quantitative estimate of drug-likeness (QED) is 0.774. The first-order valence-electron chi connectivity index (χ1n) is 4.38. The van der Waals surface area contributed by atoms with Gasteiger partial charge >= 0.3 is 0 Å². The molecule has 0 atom stereocenters. The summed E-state index contributed by atoms with van der Waals surface area (Å²) >= 11 is 3.30. The van der Waals surface area contributed by atoms with E-state index >= 15 is 0 Å². The Bertz CT molecular complexity index is 328. The molecule has 3 nitrogen and oxygen atoms in total. The van der Waals surface area contributed by atoms with Crippen molar-refractivity contribution in [2.75, 3.05) is 18.9 Å². The molecule has 0 fully saturated rings. The van der Waals surface area contributed by atoms with E-state index in [4.69, 9.17) is 0 Å². The molecule has 0 aliphatic rings.